The Kier molecular flexibility index (Phi) is 4.17. The number of benzene rings is 1. The number of ether oxygens (including phenoxy) is 1. The summed E-state index contributed by atoms with van der Waals surface area (Å²) in [6.07, 6.45) is 3.53. The number of hydrogen-bond acceptors (Lipinski definition) is 5. The van der Waals surface area contributed by atoms with Crippen LogP contribution in [0.5, 0.6) is 0 Å². The molecule has 108 valence electrons. The first-order valence-corrected chi connectivity index (χ1v) is 7.34. The third-order valence-electron chi connectivity index (χ3n) is 3.05. The van der Waals surface area contributed by atoms with Crippen molar-refractivity contribution in [2.45, 2.75) is 10.9 Å². The van der Waals surface area contributed by atoms with Crippen LogP contribution >= 0.6 is 0 Å². The molecule has 1 atom stereocenters. The van der Waals surface area contributed by atoms with Crippen LogP contribution in [0.1, 0.15) is 0 Å². The Bertz CT molecular complexity index is 624. The predicted molar refractivity (Wildman–Crippen MR) is 71.8 cm³/mol. The molecule has 0 bridgehead atoms. The number of nitro groups is 1. The van der Waals surface area contributed by atoms with E-state index in [9.17, 15) is 18.5 Å². The van der Waals surface area contributed by atoms with Crippen LogP contribution in [0.25, 0.3) is 0 Å². The Hall–Kier alpha value is -1.77. The van der Waals surface area contributed by atoms with Crippen LogP contribution in [0.3, 0.4) is 0 Å². The Morgan fingerprint density at radius 2 is 2.00 bits per heavy atom. The van der Waals surface area contributed by atoms with Crippen LogP contribution < -0.4 is 0 Å². The van der Waals surface area contributed by atoms with Gasteiger partial charge in [-0.05, 0) is 12.1 Å². The highest BCUT2D eigenvalue weighted by Gasteiger charge is 2.28. The van der Waals surface area contributed by atoms with E-state index in [1.54, 1.807) is 12.2 Å². The summed E-state index contributed by atoms with van der Waals surface area (Å²) in [5.74, 6) is 0. The summed E-state index contributed by atoms with van der Waals surface area (Å²) in [6, 6.07) is 4.44. The van der Waals surface area contributed by atoms with E-state index < -0.39 is 14.9 Å². The monoisotopic (exact) mass is 298 g/mol. The summed E-state index contributed by atoms with van der Waals surface area (Å²) < 4.78 is 31.2. The van der Waals surface area contributed by atoms with Crippen molar-refractivity contribution in [2.24, 2.45) is 0 Å². The molecule has 0 aliphatic carbocycles. The molecule has 2 rings (SSSR count). The van der Waals surface area contributed by atoms with Crippen LogP contribution in [-0.2, 0) is 14.8 Å². The maximum atomic E-state index is 12.4. The fourth-order valence-corrected chi connectivity index (χ4v) is 3.14. The summed E-state index contributed by atoms with van der Waals surface area (Å²) in [4.78, 5) is 10.0. The topological polar surface area (TPSA) is 89.8 Å². The summed E-state index contributed by atoms with van der Waals surface area (Å²) in [5.41, 5.74) is -0.146. The smallest absolute Gasteiger partial charge is 0.269 e. The first-order chi connectivity index (χ1) is 9.43. The van der Waals surface area contributed by atoms with Gasteiger partial charge in [-0.25, -0.2) is 8.42 Å². The van der Waals surface area contributed by atoms with Crippen molar-refractivity contribution in [2.75, 3.05) is 20.3 Å². The molecule has 1 aliphatic heterocycles. The molecule has 20 heavy (non-hydrogen) atoms. The Morgan fingerprint density at radius 1 is 1.35 bits per heavy atom. The highest BCUT2D eigenvalue weighted by molar-refractivity contribution is 7.89. The molecule has 1 aromatic rings. The average molecular weight is 298 g/mol. The third kappa shape index (κ3) is 2.87. The number of non-ortho nitro benzene ring substituents is 1. The van der Waals surface area contributed by atoms with Crippen LogP contribution in [0.2, 0.25) is 0 Å². The second-order valence-corrected chi connectivity index (χ2v) is 6.30. The van der Waals surface area contributed by atoms with E-state index in [0.717, 1.165) is 0 Å². The number of hydrogen-bond donors (Lipinski definition) is 0. The molecular weight excluding hydrogens is 284 g/mol. The van der Waals surface area contributed by atoms with Crippen LogP contribution in [0.4, 0.5) is 5.69 Å². The lowest BCUT2D eigenvalue weighted by Crippen LogP contribution is -2.40. The third-order valence-corrected chi connectivity index (χ3v) is 4.95. The normalized spacial score (nSPS) is 19.2. The van der Waals surface area contributed by atoms with Crippen molar-refractivity contribution in [3.8, 4) is 0 Å². The Morgan fingerprint density at radius 3 is 2.50 bits per heavy atom. The highest BCUT2D eigenvalue weighted by Crippen LogP contribution is 2.21. The lowest BCUT2D eigenvalue weighted by molar-refractivity contribution is -0.384. The van der Waals surface area contributed by atoms with E-state index >= 15 is 0 Å². The lowest BCUT2D eigenvalue weighted by atomic mass is 10.2. The van der Waals surface area contributed by atoms with Crippen LogP contribution in [0, 0.1) is 10.1 Å². The van der Waals surface area contributed by atoms with E-state index in [4.69, 9.17) is 4.74 Å². The molecule has 0 saturated carbocycles. The second kappa shape index (κ2) is 5.70. The number of rotatable bonds is 4. The van der Waals surface area contributed by atoms with E-state index in [-0.39, 0.29) is 16.6 Å². The Labute approximate surface area is 116 Å². The summed E-state index contributed by atoms with van der Waals surface area (Å²) in [5, 5.41) is 10.6. The highest BCUT2D eigenvalue weighted by atomic mass is 32.2. The van der Waals surface area contributed by atoms with Crippen molar-refractivity contribution < 1.29 is 18.1 Å². The molecule has 0 aromatic heterocycles. The second-order valence-electron chi connectivity index (χ2n) is 4.31. The minimum Gasteiger partial charge on any atom is -0.375 e. The van der Waals surface area contributed by atoms with Crippen molar-refractivity contribution in [3.05, 3.63) is 46.5 Å². The van der Waals surface area contributed by atoms with Gasteiger partial charge in [-0.2, -0.15) is 4.31 Å². The summed E-state index contributed by atoms with van der Waals surface area (Å²) in [6.45, 7) is 0.765. The van der Waals surface area contributed by atoms with Crippen molar-refractivity contribution in [1.29, 1.82) is 0 Å². The largest absolute Gasteiger partial charge is 0.375 e. The van der Waals surface area contributed by atoms with Gasteiger partial charge in [-0.15, -0.1) is 0 Å². The molecule has 0 amide bonds. The number of sulfonamides is 1. The van der Waals surface area contributed by atoms with E-state index in [1.807, 2.05) is 0 Å². The fourth-order valence-electron chi connectivity index (χ4n) is 1.84. The molecule has 1 heterocycles. The number of nitrogens with zero attached hydrogens (tertiary/aromatic N) is 2. The van der Waals surface area contributed by atoms with Gasteiger partial charge in [0.15, 0.2) is 0 Å². The molecule has 7 nitrogen and oxygen atoms in total. The molecular formula is C12H14N2O5S. The predicted octanol–water partition coefficient (Wildman–Crippen LogP) is 1.17. The molecule has 0 saturated heterocycles. The molecule has 1 aromatic carbocycles. The van der Waals surface area contributed by atoms with E-state index in [1.165, 1.54) is 35.6 Å². The van der Waals surface area contributed by atoms with Gasteiger partial charge in [-0.3, -0.25) is 10.1 Å². The van der Waals surface area contributed by atoms with Crippen molar-refractivity contribution >= 4 is 15.7 Å². The van der Waals surface area contributed by atoms with E-state index in [2.05, 4.69) is 0 Å². The van der Waals surface area contributed by atoms with Crippen molar-refractivity contribution in [3.63, 3.8) is 0 Å². The van der Waals surface area contributed by atoms with Crippen LogP contribution in [-0.4, -0.2) is 43.9 Å². The lowest BCUT2D eigenvalue weighted by Gasteiger charge is -2.26. The fraction of sp³-hybridized carbons (Fsp3) is 0.333. The SMILES string of the molecule is CN(C1C=CCOC1)S(=O)(=O)c1ccc([N+](=O)[O-])cc1. The van der Waals surface area contributed by atoms with Gasteiger partial charge < -0.3 is 4.74 Å². The minimum atomic E-state index is -3.70. The minimum absolute atomic E-state index is 0.0181. The maximum Gasteiger partial charge on any atom is 0.269 e. The van der Waals surface area contributed by atoms with Crippen LogP contribution in [0.15, 0.2) is 41.3 Å². The first-order valence-electron chi connectivity index (χ1n) is 5.90. The number of likely N-dealkylation sites (N-methyl/N-ethyl adjacent to an activating group) is 1. The maximum absolute atomic E-state index is 12.4. The molecule has 8 heteroatoms. The zero-order valence-corrected chi connectivity index (χ0v) is 11.6. The molecule has 1 unspecified atom stereocenters. The number of nitro benzene ring substituents is 1. The van der Waals surface area contributed by atoms with Crippen molar-refractivity contribution in [1.82, 2.24) is 4.31 Å². The van der Waals surface area contributed by atoms with Gasteiger partial charge in [0.25, 0.3) is 5.69 Å². The molecule has 0 N–H and O–H groups in total. The first kappa shape index (κ1) is 14.6. The zero-order chi connectivity index (χ0) is 14.8. The standard InChI is InChI=1S/C12H14N2O5S/c1-13(11-3-2-8-19-9-11)20(17,18)12-6-4-10(5-7-12)14(15)16/h2-7,11H,8-9H2,1H3. The quantitative estimate of drug-likeness (QED) is 0.473. The molecule has 0 radical (unpaired) electrons. The average Bonchev–Trinajstić information content (AvgIpc) is 2.47. The summed E-state index contributed by atoms with van der Waals surface area (Å²) >= 11 is 0. The van der Waals surface area contributed by atoms with Gasteiger partial charge in [0, 0.05) is 19.2 Å². The van der Waals surface area contributed by atoms with Gasteiger partial charge in [0.2, 0.25) is 10.0 Å². The van der Waals surface area contributed by atoms with Gasteiger partial charge in [-0.1, -0.05) is 12.2 Å². The van der Waals surface area contributed by atoms with Gasteiger partial charge in [0.1, 0.15) is 0 Å². The van der Waals surface area contributed by atoms with E-state index in [0.29, 0.717) is 13.2 Å². The zero-order valence-electron chi connectivity index (χ0n) is 10.8. The Balaban J connectivity index is 2.27. The molecule has 0 spiro atoms. The van der Waals surface area contributed by atoms with Gasteiger partial charge >= 0.3 is 0 Å². The molecule has 1 aliphatic rings. The van der Waals surface area contributed by atoms with Gasteiger partial charge in [0.05, 0.1) is 29.1 Å². The summed E-state index contributed by atoms with van der Waals surface area (Å²) in [7, 11) is -2.24. The molecule has 0 fully saturated rings.